The Labute approximate surface area is 180 Å². The Morgan fingerprint density at radius 3 is 2.53 bits per heavy atom. The second-order valence-corrected chi connectivity index (χ2v) is 11.1. The lowest BCUT2D eigenvalue weighted by Gasteiger charge is -2.38. The first kappa shape index (κ1) is 21.6. The van der Waals surface area contributed by atoms with E-state index < -0.39 is 10.0 Å². The van der Waals surface area contributed by atoms with Gasteiger partial charge in [-0.25, -0.2) is 8.42 Å². The number of benzene rings is 1. The van der Waals surface area contributed by atoms with E-state index in [1.807, 2.05) is 17.9 Å². The van der Waals surface area contributed by atoms with Crippen LogP contribution in [0.3, 0.4) is 0 Å². The molecule has 8 heteroatoms. The summed E-state index contributed by atoms with van der Waals surface area (Å²) in [7, 11) is -3.33. The van der Waals surface area contributed by atoms with Gasteiger partial charge in [0, 0.05) is 43.8 Å². The molecule has 0 spiro atoms. The van der Waals surface area contributed by atoms with Gasteiger partial charge in [-0.1, -0.05) is 0 Å². The maximum absolute atomic E-state index is 13.3. The lowest BCUT2D eigenvalue weighted by atomic mass is 10.1. The molecule has 166 valence electrons. The molecule has 1 aromatic rings. The third-order valence-electron chi connectivity index (χ3n) is 6.44. The van der Waals surface area contributed by atoms with Crippen LogP contribution in [0.4, 0.5) is 5.69 Å². The summed E-state index contributed by atoms with van der Waals surface area (Å²) in [6.07, 6.45) is 4.36. The second kappa shape index (κ2) is 8.13. The van der Waals surface area contributed by atoms with E-state index in [9.17, 15) is 13.2 Å². The fraction of sp³-hybridized carbons (Fsp3) is 0.682. The molecule has 3 aliphatic heterocycles. The monoisotopic (exact) mass is 435 g/mol. The molecule has 0 aliphatic carbocycles. The Morgan fingerprint density at radius 2 is 1.87 bits per heavy atom. The van der Waals surface area contributed by atoms with Crippen LogP contribution in [0.2, 0.25) is 0 Å². The molecule has 3 heterocycles. The summed E-state index contributed by atoms with van der Waals surface area (Å²) in [5, 5.41) is 0. The van der Waals surface area contributed by atoms with Crippen LogP contribution in [-0.2, 0) is 21.2 Å². The Kier molecular flexibility index (Phi) is 5.85. The molecule has 2 fully saturated rings. The molecule has 3 aliphatic rings. The molecule has 7 nitrogen and oxygen atoms in total. The van der Waals surface area contributed by atoms with Gasteiger partial charge in [-0.2, -0.15) is 0 Å². The number of carbonyl (C=O) groups excluding carboxylic acids is 1. The summed E-state index contributed by atoms with van der Waals surface area (Å²) in [4.78, 5) is 17.8. The van der Waals surface area contributed by atoms with Gasteiger partial charge in [-0.15, -0.1) is 0 Å². The summed E-state index contributed by atoms with van der Waals surface area (Å²) in [6.45, 7) is 9.58. The third kappa shape index (κ3) is 4.22. The average molecular weight is 436 g/mol. The lowest BCUT2D eigenvalue weighted by molar-refractivity contribution is -0.0715. The quantitative estimate of drug-likeness (QED) is 0.725. The highest BCUT2D eigenvalue weighted by Crippen LogP contribution is 2.35. The highest BCUT2D eigenvalue weighted by molar-refractivity contribution is 7.92. The number of fused-ring (bicyclic) bond motifs is 1. The zero-order valence-corrected chi connectivity index (χ0v) is 19.2. The number of hydrogen-bond donors (Lipinski definition) is 0. The zero-order valence-electron chi connectivity index (χ0n) is 18.4. The fourth-order valence-electron chi connectivity index (χ4n) is 5.43. The molecule has 0 N–H and O–H groups in total. The molecular formula is C22H33N3O4S. The molecule has 0 saturated carbocycles. The van der Waals surface area contributed by atoms with Crippen LogP contribution in [-0.4, -0.2) is 80.9 Å². The average Bonchev–Trinajstić information content (AvgIpc) is 3.22. The number of sulfonamides is 1. The van der Waals surface area contributed by atoms with Gasteiger partial charge in [0.15, 0.2) is 0 Å². The fourth-order valence-corrected chi connectivity index (χ4v) is 6.70. The van der Waals surface area contributed by atoms with Crippen molar-refractivity contribution in [3.63, 3.8) is 0 Å². The number of amides is 1. The first-order chi connectivity index (χ1) is 14.1. The van der Waals surface area contributed by atoms with Crippen molar-refractivity contribution in [1.29, 1.82) is 0 Å². The predicted octanol–water partition coefficient (Wildman–Crippen LogP) is 2.11. The van der Waals surface area contributed by atoms with Crippen molar-refractivity contribution in [2.45, 2.75) is 64.3 Å². The predicted molar refractivity (Wildman–Crippen MR) is 117 cm³/mol. The van der Waals surface area contributed by atoms with E-state index >= 15 is 0 Å². The molecule has 0 unspecified atom stereocenters. The number of likely N-dealkylation sites (tertiary alicyclic amines) is 1. The van der Waals surface area contributed by atoms with Crippen molar-refractivity contribution in [3.8, 4) is 0 Å². The number of anilines is 1. The number of ether oxygens (including phenoxy) is 1. The first-order valence-corrected chi connectivity index (χ1v) is 12.8. The highest BCUT2D eigenvalue weighted by Gasteiger charge is 2.35. The summed E-state index contributed by atoms with van der Waals surface area (Å²) >= 11 is 0. The van der Waals surface area contributed by atoms with Gasteiger partial charge in [0.05, 0.1) is 24.2 Å². The zero-order chi connectivity index (χ0) is 21.6. The molecule has 4 rings (SSSR count). The molecule has 30 heavy (non-hydrogen) atoms. The Morgan fingerprint density at radius 1 is 1.17 bits per heavy atom. The number of carbonyl (C=O) groups is 1. The van der Waals surface area contributed by atoms with Crippen LogP contribution in [0.25, 0.3) is 0 Å². The van der Waals surface area contributed by atoms with Crippen molar-refractivity contribution in [3.05, 3.63) is 29.3 Å². The topological polar surface area (TPSA) is 70.2 Å². The van der Waals surface area contributed by atoms with Gasteiger partial charge in [0.2, 0.25) is 10.0 Å². The van der Waals surface area contributed by atoms with E-state index in [-0.39, 0.29) is 30.2 Å². The molecule has 4 atom stereocenters. The molecule has 0 bridgehead atoms. The largest absolute Gasteiger partial charge is 0.373 e. The number of hydrogen-bond acceptors (Lipinski definition) is 5. The van der Waals surface area contributed by atoms with Crippen molar-refractivity contribution < 1.29 is 17.9 Å². The Balaban J connectivity index is 1.50. The van der Waals surface area contributed by atoms with Crippen LogP contribution < -0.4 is 4.31 Å². The van der Waals surface area contributed by atoms with E-state index in [2.05, 4.69) is 18.7 Å². The maximum atomic E-state index is 13.3. The van der Waals surface area contributed by atoms with Gasteiger partial charge in [0.1, 0.15) is 0 Å². The first-order valence-electron chi connectivity index (χ1n) is 10.9. The third-order valence-corrected chi connectivity index (χ3v) is 7.71. The number of nitrogens with zero attached hydrogens (tertiary/aromatic N) is 3. The van der Waals surface area contributed by atoms with E-state index in [1.165, 1.54) is 10.6 Å². The van der Waals surface area contributed by atoms with Crippen LogP contribution in [0.15, 0.2) is 18.2 Å². The summed E-state index contributed by atoms with van der Waals surface area (Å²) < 4.78 is 31.6. The van der Waals surface area contributed by atoms with E-state index in [0.717, 1.165) is 44.6 Å². The van der Waals surface area contributed by atoms with Crippen LogP contribution in [0.5, 0.6) is 0 Å². The van der Waals surface area contributed by atoms with Crippen LogP contribution in [0, 0.1) is 0 Å². The van der Waals surface area contributed by atoms with Crippen molar-refractivity contribution in [2.75, 3.05) is 36.7 Å². The second-order valence-electron chi connectivity index (χ2n) is 9.23. The molecule has 1 aromatic carbocycles. The number of morpholine rings is 1. The minimum Gasteiger partial charge on any atom is -0.373 e. The smallest absolute Gasteiger partial charge is 0.254 e. The van der Waals surface area contributed by atoms with Crippen molar-refractivity contribution in [1.82, 2.24) is 9.80 Å². The standard InChI is InChI=1S/C22H33N3O4S/c1-15-10-19-11-18(7-8-21(19)25(15)30(4,27)28)22(26)24-9-5-6-20(24)14-23-12-16(2)29-17(3)13-23/h7-8,11,15-17,20H,5-6,9-10,12-14H2,1-4H3/t15-,16-,17-,20+/m1/s1. The summed E-state index contributed by atoms with van der Waals surface area (Å²) in [6, 6.07) is 5.57. The Bertz CT molecular complexity index is 909. The highest BCUT2D eigenvalue weighted by atomic mass is 32.2. The van der Waals surface area contributed by atoms with Crippen molar-refractivity contribution >= 4 is 21.6 Å². The van der Waals surface area contributed by atoms with Gasteiger partial charge in [0.25, 0.3) is 5.91 Å². The number of rotatable bonds is 4. The van der Waals surface area contributed by atoms with Gasteiger partial charge >= 0.3 is 0 Å². The van der Waals surface area contributed by atoms with Gasteiger partial charge < -0.3 is 9.64 Å². The van der Waals surface area contributed by atoms with E-state index in [0.29, 0.717) is 17.7 Å². The molecule has 0 radical (unpaired) electrons. The summed E-state index contributed by atoms with van der Waals surface area (Å²) in [5.41, 5.74) is 2.30. The van der Waals surface area contributed by atoms with E-state index in [1.54, 1.807) is 12.1 Å². The van der Waals surface area contributed by atoms with Gasteiger partial charge in [-0.3, -0.25) is 14.0 Å². The molecule has 1 amide bonds. The SMILES string of the molecule is C[C@@H]1CN(C[C@@H]2CCCN2C(=O)c2ccc3c(c2)C[C@@H](C)N3S(C)(=O)=O)C[C@@H](C)O1. The van der Waals surface area contributed by atoms with Crippen LogP contribution in [0.1, 0.15) is 49.5 Å². The minimum absolute atomic E-state index is 0.0557. The Hall–Kier alpha value is -1.64. The lowest BCUT2D eigenvalue weighted by Crippen LogP contribution is -2.50. The van der Waals surface area contributed by atoms with Crippen LogP contribution >= 0.6 is 0 Å². The normalized spacial score (nSPS) is 30.0. The molecule has 2 saturated heterocycles. The van der Waals surface area contributed by atoms with E-state index in [4.69, 9.17) is 4.74 Å². The molecule has 0 aromatic heterocycles. The maximum Gasteiger partial charge on any atom is 0.254 e. The van der Waals surface area contributed by atoms with Gasteiger partial charge in [-0.05, 0) is 63.8 Å². The van der Waals surface area contributed by atoms with Crippen molar-refractivity contribution in [2.24, 2.45) is 0 Å². The molecular weight excluding hydrogens is 402 g/mol. The summed E-state index contributed by atoms with van der Waals surface area (Å²) in [5.74, 6) is 0.0557. The minimum atomic E-state index is -3.33.